The van der Waals surface area contributed by atoms with Crippen LogP contribution in [0.5, 0.6) is 0 Å². The number of allylic oxidation sites excluding steroid dienone is 4. The average molecular weight is 172 g/mol. The summed E-state index contributed by atoms with van der Waals surface area (Å²) in [4.78, 5) is 0. The number of hydrogen-bond donors (Lipinski definition) is 0. The molecule has 0 radical (unpaired) electrons. The van der Waals surface area contributed by atoms with Crippen LogP contribution in [0.1, 0.15) is 20.8 Å². The summed E-state index contributed by atoms with van der Waals surface area (Å²) in [5.74, 6) is 0.388. The molecule has 0 saturated heterocycles. The number of hydrogen-bond acceptors (Lipinski definition) is 2. The molecule has 0 amide bonds. The summed E-state index contributed by atoms with van der Waals surface area (Å²) in [5.41, 5.74) is 1.02. The maximum atomic E-state index is 8.74. The Morgan fingerprint density at radius 1 is 1.38 bits per heavy atom. The zero-order valence-corrected chi connectivity index (χ0v) is 8.13. The van der Waals surface area contributed by atoms with Gasteiger partial charge in [0.2, 0.25) is 0 Å². The Bertz CT molecular complexity index is 343. The lowest BCUT2D eigenvalue weighted by molar-refractivity contribution is 0.368. The van der Waals surface area contributed by atoms with Crippen molar-refractivity contribution in [1.29, 1.82) is 10.5 Å². The molecule has 0 fully saturated rings. The van der Waals surface area contributed by atoms with Crippen LogP contribution in [0.3, 0.4) is 0 Å². The fourth-order valence-electron chi connectivity index (χ4n) is 1.49. The van der Waals surface area contributed by atoms with E-state index in [2.05, 4.69) is 20.8 Å². The van der Waals surface area contributed by atoms with E-state index in [1.165, 1.54) is 0 Å². The van der Waals surface area contributed by atoms with Crippen molar-refractivity contribution in [2.45, 2.75) is 20.8 Å². The van der Waals surface area contributed by atoms with Crippen LogP contribution < -0.4 is 0 Å². The summed E-state index contributed by atoms with van der Waals surface area (Å²) in [7, 11) is 0. The Hall–Kier alpha value is -1.54. The van der Waals surface area contributed by atoms with Crippen molar-refractivity contribution in [2.24, 2.45) is 11.3 Å². The molecule has 2 nitrogen and oxygen atoms in total. The van der Waals surface area contributed by atoms with Crippen LogP contribution in [0.25, 0.3) is 0 Å². The smallest absolute Gasteiger partial charge is 0.133 e. The Morgan fingerprint density at radius 3 is 2.23 bits per heavy atom. The van der Waals surface area contributed by atoms with E-state index in [0.29, 0.717) is 5.92 Å². The first-order chi connectivity index (χ1) is 6.04. The molecule has 1 aliphatic rings. The third-order valence-electron chi connectivity index (χ3n) is 2.88. The highest BCUT2D eigenvalue weighted by molar-refractivity contribution is 5.50. The second kappa shape index (κ2) is 3.07. The minimum atomic E-state index is -0.0825. The molecule has 66 valence electrons. The van der Waals surface area contributed by atoms with Gasteiger partial charge in [-0.2, -0.15) is 10.5 Å². The summed E-state index contributed by atoms with van der Waals surface area (Å²) >= 11 is 0. The Morgan fingerprint density at radius 2 is 1.92 bits per heavy atom. The molecule has 2 heteroatoms. The van der Waals surface area contributed by atoms with E-state index in [9.17, 15) is 0 Å². The maximum absolute atomic E-state index is 8.74. The molecule has 0 aliphatic heterocycles. The largest absolute Gasteiger partial charge is 0.192 e. The molecule has 0 N–H and O–H groups in total. The number of nitriles is 2. The number of nitrogens with zero attached hydrogens (tertiary/aromatic N) is 2. The van der Waals surface area contributed by atoms with Gasteiger partial charge >= 0.3 is 0 Å². The molecule has 0 bridgehead atoms. The van der Waals surface area contributed by atoms with Crippen molar-refractivity contribution in [1.82, 2.24) is 0 Å². The highest BCUT2D eigenvalue weighted by Crippen LogP contribution is 2.43. The Labute approximate surface area is 78.8 Å². The minimum absolute atomic E-state index is 0.0825. The third-order valence-corrected chi connectivity index (χ3v) is 2.88. The van der Waals surface area contributed by atoms with Crippen molar-refractivity contribution in [3.05, 3.63) is 23.3 Å². The van der Waals surface area contributed by atoms with Gasteiger partial charge in [-0.05, 0) is 16.9 Å². The van der Waals surface area contributed by atoms with Crippen molar-refractivity contribution < 1.29 is 0 Å². The quantitative estimate of drug-likeness (QED) is 0.527. The van der Waals surface area contributed by atoms with Gasteiger partial charge in [0.25, 0.3) is 0 Å². The molecule has 1 unspecified atom stereocenters. The van der Waals surface area contributed by atoms with Crippen molar-refractivity contribution in [2.75, 3.05) is 0 Å². The molecular weight excluding hydrogens is 160 g/mol. The highest BCUT2D eigenvalue weighted by Gasteiger charge is 2.33. The first-order valence-corrected chi connectivity index (χ1v) is 4.27. The topological polar surface area (TPSA) is 47.6 Å². The monoisotopic (exact) mass is 172 g/mol. The third kappa shape index (κ3) is 1.36. The van der Waals surface area contributed by atoms with Gasteiger partial charge in [-0.15, -0.1) is 0 Å². The minimum Gasteiger partial charge on any atom is -0.192 e. The summed E-state index contributed by atoms with van der Waals surface area (Å²) in [6, 6.07) is 3.87. The molecular formula is C11H12N2. The lowest BCUT2D eigenvalue weighted by atomic mass is 9.77. The van der Waals surface area contributed by atoms with Gasteiger partial charge in [0, 0.05) is 0 Å². The van der Waals surface area contributed by atoms with Crippen LogP contribution in [-0.4, -0.2) is 0 Å². The molecule has 0 aromatic carbocycles. The van der Waals surface area contributed by atoms with Crippen LogP contribution in [0.4, 0.5) is 0 Å². The lowest BCUT2D eigenvalue weighted by Gasteiger charge is -2.25. The van der Waals surface area contributed by atoms with Crippen LogP contribution in [0, 0.1) is 34.0 Å². The predicted octanol–water partition coefficient (Wildman–Crippen LogP) is 2.56. The second-order valence-electron chi connectivity index (χ2n) is 3.88. The van der Waals surface area contributed by atoms with Gasteiger partial charge in [0.05, 0.1) is 0 Å². The zero-order valence-electron chi connectivity index (χ0n) is 8.13. The fourth-order valence-corrected chi connectivity index (χ4v) is 1.49. The van der Waals surface area contributed by atoms with Gasteiger partial charge in [-0.3, -0.25) is 0 Å². The van der Waals surface area contributed by atoms with Gasteiger partial charge in [-0.1, -0.05) is 32.9 Å². The van der Waals surface area contributed by atoms with Crippen LogP contribution in [-0.2, 0) is 0 Å². The first-order valence-electron chi connectivity index (χ1n) is 4.27. The fraction of sp³-hybridized carbons (Fsp3) is 0.455. The highest BCUT2D eigenvalue weighted by atomic mass is 14.4. The molecule has 1 rings (SSSR count). The van der Waals surface area contributed by atoms with Gasteiger partial charge in [0.1, 0.15) is 17.7 Å². The molecule has 1 aliphatic carbocycles. The van der Waals surface area contributed by atoms with E-state index in [4.69, 9.17) is 10.5 Å². The van der Waals surface area contributed by atoms with E-state index in [1.807, 2.05) is 24.3 Å². The molecule has 0 aromatic rings. The summed E-state index contributed by atoms with van der Waals surface area (Å²) < 4.78 is 0. The number of rotatable bonds is 0. The summed E-state index contributed by atoms with van der Waals surface area (Å²) in [6.07, 6.45) is 3.94. The average Bonchev–Trinajstić information content (AvgIpc) is 2.34. The second-order valence-corrected chi connectivity index (χ2v) is 3.88. The maximum Gasteiger partial charge on any atom is 0.133 e. The van der Waals surface area contributed by atoms with Crippen molar-refractivity contribution >= 4 is 0 Å². The standard InChI is InChI=1S/C11H12N2/c1-8-4-5-10(11(8,2)3)9(6-12)7-13/h4-5,8H,1-3H3. The lowest BCUT2D eigenvalue weighted by Crippen LogP contribution is -2.18. The van der Waals surface area contributed by atoms with E-state index in [1.54, 1.807) is 0 Å². The zero-order chi connectivity index (χ0) is 10.1. The predicted molar refractivity (Wildman–Crippen MR) is 50.3 cm³/mol. The van der Waals surface area contributed by atoms with Crippen molar-refractivity contribution in [3.63, 3.8) is 0 Å². The normalized spacial score (nSPS) is 23.8. The van der Waals surface area contributed by atoms with Gasteiger partial charge < -0.3 is 0 Å². The molecule has 0 spiro atoms. The van der Waals surface area contributed by atoms with Gasteiger partial charge in [0.15, 0.2) is 0 Å². The van der Waals surface area contributed by atoms with Crippen LogP contribution in [0.15, 0.2) is 23.3 Å². The molecule has 0 saturated carbocycles. The molecule has 0 aromatic heterocycles. The van der Waals surface area contributed by atoms with E-state index >= 15 is 0 Å². The molecule has 1 atom stereocenters. The Kier molecular flexibility index (Phi) is 2.26. The Balaban J connectivity index is 3.26. The summed E-state index contributed by atoms with van der Waals surface area (Å²) in [6.45, 7) is 6.21. The SMILES string of the molecule is CC1C=CC(=C(C#N)C#N)C1(C)C. The van der Waals surface area contributed by atoms with E-state index < -0.39 is 0 Å². The summed E-state index contributed by atoms with van der Waals surface area (Å²) in [5, 5.41) is 17.5. The van der Waals surface area contributed by atoms with Gasteiger partial charge in [-0.25, -0.2) is 0 Å². The van der Waals surface area contributed by atoms with Crippen molar-refractivity contribution in [3.8, 4) is 12.1 Å². The van der Waals surface area contributed by atoms with Crippen LogP contribution >= 0.6 is 0 Å². The molecule has 0 heterocycles. The van der Waals surface area contributed by atoms with E-state index in [-0.39, 0.29) is 11.0 Å². The van der Waals surface area contributed by atoms with Crippen LogP contribution in [0.2, 0.25) is 0 Å². The molecule has 13 heavy (non-hydrogen) atoms. The van der Waals surface area contributed by atoms with E-state index in [0.717, 1.165) is 5.57 Å². The first kappa shape index (κ1) is 9.55.